The van der Waals surface area contributed by atoms with E-state index in [1.54, 1.807) is 17.0 Å². The van der Waals surface area contributed by atoms with Crippen LogP contribution in [0.5, 0.6) is 0 Å². The van der Waals surface area contributed by atoms with Crippen LogP contribution in [0.2, 0.25) is 0 Å². The van der Waals surface area contributed by atoms with Crippen LogP contribution in [0.15, 0.2) is 47.5 Å². The zero-order valence-corrected chi connectivity index (χ0v) is 25.5. The Morgan fingerprint density at radius 3 is 2.44 bits per heavy atom. The van der Waals surface area contributed by atoms with E-state index in [0.29, 0.717) is 55.6 Å². The van der Waals surface area contributed by atoms with Crippen molar-refractivity contribution in [3.63, 3.8) is 0 Å². The van der Waals surface area contributed by atoms with E-state index in [1.165, 1.54) is 12.1 Å². The third kappa shape index (κ3) is 11.2. The molecule has 0 aromatic heterocycles. The second kappa shape index (κ2) is 16.7. The molecule has 43 heavy (non-hydrogen) atoms. The van der Waals surface area contributed by atoms with Gasteiger partial charge in [-0.15, -0.1) is 0 Å². The van der Waals surface area contributed by atoms with Gasteiger partial charge in [0.15, 0.2) is 6.19 Å². The van der Waals surface area contributed by atoms with Gasteiger partial charge in [0.25, 0.3) is 5.97 Å². The minimum absolute atomic E-state index is 0.0872. The number of benzene rings is 2. The number of carbonyl (C=O) groups excluding carboxylic acids is 2. The van der Waals surface area contributed by atoms with Crippen LogP contribution in [0, 0.1) is 30.1 Å². The number of aliphatic imine (C=N–C) groups is 1. The fraction of sp³-hybridized carbons (Fsp3) is 0.433. The number of nitrogens with zero attached hydrogens (tertiary/aromatic N) is 5. The molecule has 4 N–H and O–H groups in total. The highest BCUT2D eigenvalue weighted by Gasteiger charge is 2.33. The van der Waals surface area contributed by atoms with Gasteiger partial charge in [-0.3, -0.25) is 14.9 Å². The Labute approximate surface area is 252 Å². The molecule has 1 fully saturated rings. The van der Waals surface area contributed by atoms with Crippen molar-refractivity contribution in [3.8, 4) is 6.19 Å². The molecule has 3 rings (SSSR count). The molecular formula is C30H41FN8O4. The number of nitriles is 1. The maximum atomic E-state index is 13.6. The van der Waals surface area contributed by atoms with Crippen LogP contribution in [-0.4, -0.2) is 90.0 Å². The predicted octanol–water partition coefficient (Wildman–Crippen LogP) is 4.05. The van der Waals surface area contributed by atoms with Crippen molar-refractivity contribution in [3.05, 3.63) is 53.8 Å². The highest BCUT2D eigenvalue weighted by Crippen LogP contribution is 2.27. The summed E-state index contributed by atoms with van der Waals surface area (Å²) in [4.78, 5) is 44.7. The molecule has 1 unspecified atom stereocenters. The number of carboxylic acid groups (broad SMARTS) is 1. The average molecular weight is 597 g/mol. The summed E-state index contributed by atoms with van der Waals surface area (Å²) in [5, 5.41) is 25.4. The highest BCUT2D eigenvalue weighted by atomic mass is 19.1. The van der Waals surface area contributed by atoms with Crippen LogP contribution < -0.4 is 16.0 Å². The van der Waals surface area contributed by atoms with Gasteiger partial charge < -0.3 is 30.4 Å². The second-order valence-electron chi connectivity index (χ2n) is 10.6. The van der Waals surface area contributed by atoms with Crippen LogP contribution >= 0.6 is 0 Å². The first-order valence-corrected chi connectivity index (χ1v) is 13.9. The number of hydrogen-bond acceptors (Lipinski definition) is 6. The first-order chi connectivity index (χ1) is 20.3. The molecule has 0 saturated carbocycles. The van der Waals surface area contributed by atoms with Crippen molar-refractivity contribution in [1.82, 2.24) is 20.0 Å². The summed E-state index contributed by atoms with van der Waals surface area (Å²) < 4.78 is 13.6. The normalized spacial score (nSPS) is 14.9. The molecule has 2 aromatic rings. The Balaban J connectivity index is 0.00000151. The number of carboxylic acids is 1. The number of piperazine rings is 1. The van der Waals surface area contributed by atoms with E-state index < -0.39 is 11.8 Å². The summed E-state index contributed by atoms with van der Waals surface area (Å²) in [7, 11) is 3.83. The van der Waals surface area contributed by atoms with Crippen molar-refractivity contribution >= 4 is 40.9 Å². The van der Waals surface area contributed by atoms with Crippen molar-refractivity contribution in [2.75, 3.05) is 50.9 Å². The quantitative estimate of drug-likeness (QED) is 0.162. The molecule has 1 aliphatic heterocycles. The number of amides is 3. The monoisotopic (exact) mass is 596 g/mol. The highest BCUT2D eigenvalue weighted by molar-refractivity contribution is 5.93. The van der Waals surface area contributed by atoms with Crippen molar-refractivity contribution in [2.45, 2.75) is 40.2 Å². The molecule has 1 saturated heterocycles. The zero-order valence-electron chi connectivity index (χ0n) is 25.5. The predicted molar refractivity (Wildman–Crippen MR) is 164 cm³/mol. The van der Waals surface area contributed by atoms with E-state index in [-0.39, 0.29) is 23.9 Å². The van der Waals surface area contributed by atoms with Gasteiger partial charge in [-0.1, -0.05) is 26.0 Å². The van der Waals surface area contributed by atoms with Gasteiger partial charge in [0.05, 0.1) is 11.7 Å². The number of carbonyl (C=O) groups is 3. The standard InChI is InChI=1S/C28H37FN8O2.C2H4O2/c1-19(2)25-17-36(28(39)32-22-9-6-8-21(29)16-22)14-15-37(25)27(31-18-30)34-24-11-7-10-23(20(24)3)33-26(38)12-13-35(4)5;1-2(3)4/h6-11,16,19,25H,12-15,17H2,1-5H3,(H,31,34)(H,32,39)(H,33,38);1H3,(H,3,4). The van der Waals surface area contributed by atoms with Crippen LogP contribution in [0.25, 0.3) is 0 Å². The minimum Gasteiger partial charge on any atom is -0.481 e. The average Bonchev–Trinajstić information content (AvgIpc) is 2.93. The van der Waals surface area contributed by atoms with Crippen molar-refractivity contribution < 1.29 is 23.9 Å². The topological polar surface area (TPSA) is 153 Å². The van der Waals surface area contributed by atoms with Crippen molar-refractivity contribution in [2.24, 2.45) is 10.9 Å². The Morgan fingerprint density at radius 1 is 1.16 bits per heavy atom. The third-order valence-electron chi connectivity index (χ3n) is 6.58. The number of rotatable bonds is 7. The van der Waals surface area contributed by atoms with E-state index in [2.05, 4.69) is 16.0 Å². The molecule has 1 heterocycles. The lowest BCUT2D eigenvalue weighted by atomic mass is 10.00. The Bertz CT molecular complexity index is 1340. The Morgan fingerprint density at radius 2 is 1.84 bits per heavy atom. The van der Waals surface area contributed by atoms with Gasteiger partial charge in [-0.25, -0.2) is 14.2 Å². The maximum absolute atomic E-state index is 13.6. The summed E-state index contributed by atoms with van der Waals surface area (Å²) in [5.41, 5.74) is 2.45. The van der Waals surface area contributed by atoms with Crippen LogP contribution in [0.1, 0.15) is 32.8 Å². The maximum Gasteiger partial charge on any atom is 0.321 e. The summed E-state index contributed by atoms with van der Waals surface area (Å²) in [6.45, 7) is 8.91. The Kier molecular flexibility index (Phi) is 13.4. The number of hydrogen-bond donors (Lipinski definition) is 4. The van der Waals surface area contributed by atoms with E-state index in [0.717, 1.165) is 12.5 Å². The van der Waals surface area contributed by atoms with E-state index >= 15 is 0 Å². The van der Waals surface area contributed by atoms with Crippen LogP contribution in [-0.2, 0) is 9.59 Å². The first kappa shape index (κ1) is 34.5. The van der Waals surface area contributed by atoms with Crippen LogP contribution in [0.4, 0.5) is 26.2 Å². The van der Waals surface area contributed by atoms with Gasteiger partial charge in [0, 0.05) is 50.9 Å². The molecular weight excluding hydrogens is 555 g/mol. The number of aliphatic carboxylic acids is 1. The molecule has 3 amide bonds. The molecule has 0 aliphatic carbocycles. The molecule has 0 radical (unpaired) electrons. The van der Waals surface area contributed by atoms with E-state index in [1.807, 2.05) is 69.1 Å². The molecule has 0 bridgehead atoms. The van der Waals surface area contributed by atoms with Gasteiger partial charge in [-0.05, 0) is 62.8 Å². The van der Waals surface area contributed by atoms with Gasteiger partial charge in [0.1, 0.15) is 5.82 Å². The van der Waals surface area contributed by atoms with Gasteiger partial charge in [-0.2, -0.15) is 5.26 Å². The molecule has 12 nitrogen and oxygen atoms in total. The SMILES string of the molecule is CC(=O)O.Cc1c(N=C(NC#N)N2CCN(C(=O)Nc3cccc(F)c3)CC2C(C)C)cccc1NC(=O)CCN(C)C. The van der Waals surface area contributed by atoms with Gasteiger partial charge in [0.2, 0.25) is 11.9 Å². The summed E-state index contributed by atoms with van der Waals surface area (Å²) in [5.74, 6) is -0.839. The van der Waals surface area contributed by atoms with Crippen molar-refractivity contribution in [1.29, 1.82) is 5.26 Å². The fourth-order valence-corrected chi connectivity index (χ4v) is 4.34. The molecule has 0 spiro atoms. The van der Waals surface area contributed by atoms with E-state index in [9.17, 15) is 19.2 Å². The number of anilines is 2. The molecule has 13 heteroatoms. The minimum atomic E-state index is -0.833. The van der Waals surface area contributed by atoms with Gasteiger partial charge >= 0.3 is 6.03 Å². The lowest BCUT2D eigenvalue weighted by Crippen LogP contribution is -2.60. The first-order valence-electron chi connectivity index (χ1n) is 13.9. The smallest absolute Gasteiger partial charge is 0.321 e. The zero-order chi connectivity index (χ0) is 32.1. The number of halogens is 1. The molecule has 2 aromatic carbocycles. The molecule has 232 valence electrons. The summed E-state index contributed by atoms with van der Waals surface area (Å²) >= 11 is 0. The third-order valence-corrected chi connectivity index (χ3v) is 6.58. The molecule has 1 atom stereocenters. The van der Waals surface area contributed by atoms with E-state index in [4.69, 9.17) is 14.9 Å². The number of urea groups is 1. The number of guanidine groups is 1. The molecule has 1 aliphatic rings. The Hall–Kier alpha value is -4.70. The van der Waals surface area contributed by atoms with Crippen LogP contribution in [0.3, 0.4) is 0 Å². The summed E-state index contributed by atoms with van der Waals surface area (Å²) in [6.07, 6.45) is 2.35. The fourth-order valence-electron chi connectivity index (χ4n) is 4.34. The lowest BCUT2D eigenvalue weighted by molar-refractivity contribution is -0.134. The largest absolute Gasteiger partial charge is 0.481 e. The number of nitrogens with one attached hydrogen (secondary N) is 3. The summed E-state index contributed by atoms with van der Waals surface area (Å²) in [6, 6.07) is 10.8. The lowest BCUT2D eigenvalue weighted by Gasteiger charge is -2.44. The second-order valence-corrected chi connectivity index (χ2v) is 10.6.